The Hall–Kier alpha value is -2.56. The van der Waals surface area contributed by atoms with Gasteiger partial charge in [0.2, 0.25) is 5.88 Å². The number of likely N-dealkylation sites (tertiary alicyclic amines) is 1. The summed E-state index contributed by atoms with van der Waals surface area (Å²) in [6.45, 7) is 7.70. The third-order valence-electron chi connectivity index (χ3n) is 4.85. The van der Waals surface area contributed by atoms with E-state index in [-0.39, 0.29) is 18.6 Å². The molecule has 1 saturated heterocycles. The molecule has 1 aliphatic rings. The average Bonchev–Trinajstić information content (AvgIpc) is 2.67. The minimum atomic E-state index is 0.0232. The lowest BCUT2D eigenvalue weighted by atomic mass is 10.0. The maximum atomic E-state index is 12.4. The van der Waals surface area contributed by atoms with Gasteiger partial charge in [-0.1, -0.05) is 32.0 Å². The Morgan fingerprint density at radius 2 is 1.85 bits per heavy atom. The van der Waals surface area contributed by atoms with Crippen molar-refractivity contribution in [2.24, 2.45) is 0 Å². The molecule has 2 heterocycles. The Bertz CT molecular complexity index is 750. The number of amides is 1. The SMILES string of the molecule is Cc1cccc(OC2CCN(C(=O)COc3ccc(C(C)C)cc3)CC2)n1. The highest BCUT2D eigenvalue weighted by molar-refractivity contribution is 5.77. The molecule has 27 heavy (non-hydrogen) atoms. The van der Waals surface area contributed by atoms with E-state index in [9.17, 15) is 4.79 Å². The van der Waals surface area contributed by atoms with Gasteiger partial charge in [-0.15, -0.1) is 0 Å². The Morgan fingerprint density at radius 3 is 2.48 bits per heavy atom. The number of piperidine rings is 1. The molecule has 0 aliphatic carbocycles. The van der Waals surface area contributed by atoms with Crippen LogP contribution in [0.25, 0.3) is 0 Å². The van der Waals surface area contributed by atoms with Crippen molar-refractivity contribution >= 4 is 5.91 Å². The van der Waals surface area contributed by atoms with Gasteiger partial charge in [-0.05, 0) is 36.6 Å². The Morgan fingerprint density at radius 1 is 1.15 bits per heavy atom. The van der Waals surface area contributed by atoms with E-state index in [0.717, 1.165) is 24.3 Å². The first-order valence-corrected chi connectivity index (χ1v) is 9.62. The van der Waals surface area contributed by atoms with Gasteiger partial charge in [0.15, 0.2) is 6.61 Å². The van der Waals surface area contributed by atoms with Crippen molar-refractivity contribution in [3.63, 3.8) is 0 Å². The minimum absolute atomic E-state index is 0.0232. The van der Waals surface area contributed by atoms with Crippen LogP contribution in [0.4, 0.5) is 0 Å². The van der Waals surface area contributed by atoms with Crippen LogP contribution in [0.1, 0.15) is 43.9 Å². The predicted octanol–water partition coefficient (Wildman–Crippen LogP) is 3.96. The van der Waals surface area contributed by atoms with Crippen molar-refractivity contribution in [3.8, 4) is 11.6 Å². The molecule has 0 N–H and O–H groups in total. The third kappa shape index (κ3) is 5.46. The van der Waals surface area contributed by atoms with Gasteiger partial charge in [0, 0.05) is 37.7 Å². The monoisotopic (exact) mass is 368 g/mol. The van der Waals surface area contributed by atoms with Crippen molar-refractivity contribution in [2.75, 3.05) is 19.7 Å². The van der Waals surface area contributed by atoms with Crippen LogP contribution in [-0.4, -0.2) is 41.6 Å². The van der Waals surface area contributed by atoms with E-state index in [4.69, 9.17) is 9.47 Å². The molecule has 0 saturated carbocycles. The first-order chi connectivity index (χ1) is 13.0. The number of pyridine rings is 1. The summed E-state index contributed by atoms with van der Waals surface area (Å²) >= 11 is 0. The molecule has 2 aromatic rings. The number of aromatic nitrogens is 1. The van der Waals surface area contributed by atoms with E-state index in [1.54, 1.807) is 0 Å². The lowest BCUT2D eigenvalue weighted by Crippen LogP contribution is -2.43. The van der Waals surface area contributed by atoms with Crippen molar-refractivity contribution in [1.82, 2.24) is 9.88 Å². The molecule has 1 aliphatic heterocycles. The standard InChI is InChI=1S/C22H28N2O3/c1-16(2)18-7-9-19(10-8-18)26-15-22(25)24-13-11-20(12-14-24)27-21-6-4-5-17(3)23-21/h4-10,16,20H,11-15H2,1-3H3. The van der Waals surface area contributed by atoms with Gasteiger partial charge in [0.1, 0.15) is 11.9 Å². The topological polar surface area (TPSA) is 51.7 Å². The van der Waals surface area contributed by atoms with Crippen LogP contribution >= 0.6 is 0 Å². The molecule has 0 spiro atoms. The average molecular weight is 368 g/mol. The molecule has 0 unspecified atom stereocenters. The number of nitrogens with zero attached hydrogens (tertiary/aromatic N) is 2. The summed E-state index contributed by atoms with van der Waals surface area (Å²) in [7, 11) is 0. The van der Waals surface area contributed by atoms with Gasteiger partial charge >= 0.3 is 0 Å². The van der Waals surface area contributed by atoms with Crippen LogP contribution in [0, 0.1) is 6.92 Å². The number of carbonyl (C=O) groups is 1. The van der Waals surface area contributed by atoms with Gasteiger partial charge < -0.3 is 14.4 Å². The lowest BCUT2D eigenvalue weighted by Gasteiger charge is -2.31. The Balaban J connectivity index is 1.43. The maximum Gasteiger partial charge on any atom is 0.260 e. The molecule has 1 fully saturated rings. The fourth-order valence-electron chi connectivity index (χ4n) is 3.16. The molecular formula is C22H28N2O3. The van der Waals surface area contributed by atoms with E-state index in [1.165, 1.54) is 5.56 Å². The van der Waals surface area contributed by atoms with Crippen LogP contribution < -0.4 is 9.47 Å². The molecule has 1 aromatic carbocycles. The second-order valence-corrected chi connectivity index (χ2v) is 7.33. The fourth-order valence-corrected chi connectivity index (χ4v) is 3.16. The Labute approximate surface area is 161 Å². The largest absolute Gasteiger partial charge is 0.484 e. The maximum absolute atomic E-state index is 12.4. The van der Waals surface area contributed by atoms with E-state index >= 15 is 0 Å². The van der Waals surface area contributed by atoms with Crippen molar-refractivity contribution in [1.29, 1.82) is 0 Å². The van der Waals surface area contributed by atoms with Crippen LogP contribution in [0.5, 0.6) is 11.6 Å². The van der Waals surface area contributed by atoms with E-state index < -0.39 is 0 Å². The summed E-state index contributed by atoms with van der Waals surface area (Å²) in [6, 6.07) is 13.7. The number of hydrogen-bond donors (Lipinski definition) is 0. The molecule has 0 radical (unpaired) electrons. The summed E-state index contributed by atoms with van der Waals surface area (Å²) in [4.78, 5) is 18.6. The second-order valence-electron chi connectivity index (χ2n) is 7.33. The quantitative estimate of drug-likeness (QED) is 0.774. The number of rotatable bonds is 6. The van der Waals surface area contributed by atoms with Crippen molar-refractivity contribution in [3.05, 3.63) is 53.7 Å². The van der Waals surface area contributed by atoms with Gasteiger partial charge in [-0.2, -0.15) is 0 Å². The molecule has 0 atom stereocenters. The highest BCUT2D eigenvalue weighted by Gasteiger charge is 2.24. The molecule has 0 bridgehead atoms. The first kappa shape index (κ1) is 19.2. The lowest BCUT2D eigenvalue weighted by molar-refractivity contribution is -0.135. The van der Waals surface area contributed by atoms with Crippen LogP contribution in [0.2, 0.25) is 0 Å². The summed E-state index contributed by atoms with van der Waals surface area (Å²) in [5.74, 6) is 1.90. The van der Waals surface area contributed by atoms with Gasteiger partial charge in [-0.3, -0.25) is 4.79 Å². The number of benzene rings is 1. The summed E-state index contributed by atoms with van der Waals surface area (Å²) < 4.78 is 11.6. The zero-order chi connectivity index (χ0) is 19.2. The van der Waals surface area contributed by atoms with Crippen molar-refractivity contribution in [2.45, 2.75) is 45.6 Å². The zero-order valence-corrected chi connectivity index (χ0v) is 16.4. The summed E-state index contributed by atoms with van der Waals surface area (Å²) in [6.07, 6.45) is 1.72. The molecule has 1 aromatic heterocycles. The minimum Gasteiger partial charge on any atom is -0.484 e. The summed E-state index contributed by atoms with van der Waals surface area (Å²) in [5.41, 5.74) is 2.21. The highest BCUT2D eigenvalue weighted by Crippen LogP contribution is 2.20. The second kappa shape index (κ2) is 8.89. The number of hydrogen-bond acceptors (Lipinski definition) is 4. The zero-order valence-electron chi connectivity index (χ0n) is 16.4. The number of carbonyl (C=O) groups excluding carboxylic acids is 1. The van der Waals surface area contributed by atoms with E-state index in [1.807, 2.05) is 54.3 Å². The number of ether oxygens (including phenoxy) is 2. The molecular weight excluding hydrogens is 340 g/mol. The highest BCUT2D eigenvalue weighted by atomic mass is 16.5. The Kier molecular flexibility index (Phi) is 6.32. The fraction of sp³-hybridized carbons (Fsp3) is 0.455. The van der Waals surface area contributed by atoms with Crippen molar-refractivity contribution < 1.29 is 14.3 Å². The molecule has 5 heteroatoms. The van der Waals surface area contributed by atoms with Crippen LogP contribution in [0.3, 0.4) is 0 Å². The van der Waals surface area contributed by atoms with E-state index in [2.05, 4.69) is 18.8 Å². The number of aryl methyl sites for hydroxylation is 1. The normalized spacial score (nSPS) is 15.0. The van der Waals surface area contributed by atoms with Gasteiger partial charge in [-0.25, -0.2) is 4.98 Å². The smallest absolute Gasteiger partial charge is 0.260 e. The predicted molar refractivity (Wildman–Crippen MR) is 105 cm³/mol. The van der Waals surface area contributed by atoms with E-state index in [0.29, 0.717) is 24.9 Å². The molecule has 3 rings (SSSR count). The summed E-state index contributed by atoms with van der Waals surface area (Å²) in [5, 5.41) is 0. The molecule has 1 amide bonds. The molecule has 144 valence electrons. The first-order valence-electron chi connectivity index (χ1n) is 9.62. The van der Waals surface area contributed by atoms with Crippen LogP contribution in [-0.2, 0) is 4.79 Å². The van der Waals surface area contributed by atoms with Gasteiger partial charge in [0.25, 0.3) is 5.91 Å². The third-order valence-corrected chi connectivity index (χ3v) is 4.85. The van der Waals surface area contributed by atoms with Gasteiger partial charge in [0.05, 0.1) is 0 Å². The molecule has 5 nitrogen and oxygen atoms in total. The van der Waals surface area contributed by atoms with Crippen LogP contribution in [0.15, 0.2) is 42.5 Å².